The van der Waals surface area contributed by atoms with Crippen LogP contribution in [0.3, 0.4) is 0 Å². The lowest BCUT2D eigenvalue weighted by atomic mass is 9.83. The lowest BCUT2D eigenvalue weighted by molar-refractivity contribution is -0.274. The SMILES string of the molecule is C[Si](C)(C)CC[C@H](CCC(F)(F)F)N1CC[C@@H](CC(=O)O)C[C@H]1c1ccc(OC(F)(F)F)cc1. The van der Waals surface area contributed by atoms with Gasteiger partial charge in [-0.3, -0.25) is 9.69 Å². The molecule has 0 unspecified atom stereocenters. The number of ether oxygens (including phenoxy) is 1. The number of hydrogen-bond acceptors (Lipinski definition) is 3. The number of carbonyl (C=O) groups is 1. The van der Waals surface area contributed by atoms with Crippen LogP contribution in [0.2, 0.25) is 25.7 Å². The van der Waals surface area contributed by atoms with Crippen LogP contribution in [0.4, 0.5) is 26.3 Å². The molecular formula is C23H33F6NO3Si. The summed E-state index contributed by atoms with van der Waals surface area (Å²) in [6, 6.07) is 5.47. The summed E-state index contributed by atoms with van der Waals surface area (Å²) in [5.41, 5.74) is 0.648. The number of alkyl halides is 6. The number of carboxylic acid groups (broad SMARTS) is 1. The van der Waals surface area contributed by atoms with E-state index in [9.17, 15) is 36.2 Å². The van der Waals surface area contributed by atoms with Crippen molar-refractivity contribution in [1.82, 2.24) is 4.90 Å². The van der Waals surface area contributed by atoms with Gasteiger partial charge in [-0.15, -0.1) is 13.2 Å². The Bertz CT molecular complexity index is 774. The highest BCUT2D eigenvalue weighted by Crippen LogP contribution is 2.40. The minimum absolute atomic E-state index is 0.0538. The highest BCUT2D eigenvalue weighted by Gasteiger charge is 2.37. The third-order valence-corrected chi connectivity index (χ3v) is 7.96. The van der Waals surface area contributed by atoms with Crippen LogP contribution in [0.5, 0.6) is 5.75 Å². The van der Waals surface area contributed by atoms with Crippen LogP contribution < -0.4 is 4.74 Å². The summed E-state index contributed by atoms with van der Waals surface area (Å²) in [5.74, 6) is -1.49. The van der Waals surface area contributed by atoms with Crippen molar-refractivity contribution in [3.8, 4) is 5.75 Å². The molecule has 4 nitrogen and oxygen atoms in total. The second kappa shape index (κ2) is 11.3. The fourth-order valence-corrected chi connectivity index (χ4v) is 5.75. The van der Waals surface area contributed by atoms with E-state index in [2.05, 4.69) is 24.4 Å². The molecule has 0 saturated carbocycles. The predicted octanol–water partition coefficient (Wildman–Crippen LogP) is 7.25. The van der Waals surface area contributed by atoms with Crippen LogP contribution in [-0.2, 0) is 4.79 Å². The number of halogens is 6. The van der Waals surface area contributed by atoms with E-state index in [1.165, 1.54) is 24.3 Å². The van der Waals surface area contributed by atoms with E-state index in [1.54, 1.807) is 0 Å². The summed E-state index contributed by atoms with van der Waals surface area (Å²) in [6.07, 6.45) is -8.58. The first-order valence-corrected chi connectivity index (χ1v) is 15.1. The van der Waals surface area contributed by atoms with Crippen molar-refractivity contribution in [2.45, 2.75) is 88.8 Å². The van der Waals surface area contributed by atoms with Crippen LogP contribution in [0.25, 0.3) is 0 Å². The summed E-state index contributed by atoms with van der Waals surface area (Å²) in [5, 5.41) is 9.23. The first kappa shape index (κ1) is 28.5. The van der Waals surface area contributed by atoms with Crippen molar-refractivity contribution in [2.24, 2.45) is 5.92 Å². The molecule has 1 aliphatic rings. The highest BCUT2D eigenvalue weighted by molar-refractivity contribution is 6.76. The number of nitrogens with zero attached hydrogens (tertiary/aromatic N) is 1. The Balaban J connectivity index is 2.32. The van der Waals surface area contributed by atoms with Gasteiger partial charge in [0, 0.05) is 33.0 Å². The molecule has 34 heavy (non-hydrogen) atoms. The minimum Gasteiger partial charge on any atom is -0.481 e. The Labute approximate surface area is 197 Å². The molecule has 1 saturated heterocycles. The monoisotopic (exact) mass is 513 g/mol. The molecule has 0 amide bonds. The maximum atomic E-state index is 13.1. The van der Waals surface area contributed by atoms with Crippen LogP contribution >= 0.6 is 0 Å². The average Bonchev–Trinajstić information content (AvgIpc) is 2.66. The highest BCUT2D eigenvalue weighted by atomic mass is 28.3. The lowest BCUT2D eigenvalue weighted by Crippen LogP contribution is -2.45. The molecule has 3 atom stereocenters. The fraction of sp³-hybridized carbons (Fsp3) is 0.696. The number of hydrogen-bond donors (Lipinski definition) is 1. The molecule has 194 valence electrons. The molecule has 1 aromatic rings. The van der Waals surface area contributed by atoms with Crippen molar-refractivity contribution in [3.05, 3.63) is 29.8 Å². The molecule has 0 radical (unpaired) electrons. The summed E-state index contributed by atoms with van der Waals surface area (Å²) < 4.78 is 80.8. The number of benzene rings is 1. The molecule has 0 aliphatic carbocycles. The zero-order valence-electron chi connectivity index (χ0n) is 19.7. The van der Waals surface area contributed by atoms with Gasteiger partial charge >= 0.3 is 18.5 Å². The molecule has 1 heterocycles. The first-order chi connectivity index (χ1) is 15.5. The van der Waals surface area contributed by atoms with Gasteiger partial charge in [-0.1, -0.05) is 37.8 Å². The van der Waals surface area contributed by atoms with Crippen molar-refractivity contribution in [2.75, 3.05) is 6.54 Å². The van der Waals surface area contributed by atoms with E-state index in [0.717, 1.165) is 6.04 Å². The second-order valence-corrected chi connectivity index (χ2v) is 15.9. The van der Waals surface area contributed by atoms with E-state index in [1.807, 2.05) is 4.90 Å². The van der Waals surface area contributed by atoms with Gasteiger partial charge in [0.25, 0.3) is 0 Å². The maximum Gasteiger partial charge on any atom is 0.573 e. The Morgan fingerprint density at radius 1 is 1.12 bits per heavy atom. The van der Waals surface area contributed by atoms with Gasteiger partial charge in [-0.05, 0) is 55.8 Å². The van der Waals surface area contributed by atoms with Gasteiger partial charge in [0.2, 0.25) is 0 Å². The van der Waals surface area contributed by atoms with Crippen molar-refractivity contribution in [3.63, 3.8) is 0 Å². The van der Waals surface area contributed by atoms with Crippen LogP contribution in [0.15, 0.2) is 24.3 Å². The lowest BCUT2D eigenvalue weighted by Gasteiger charge is -2.45. The van der Waals surface area contributed by atoms with Crippen LogP contribution in [-0.4, -0.2) is 49.2 Å². The summed E-state index contributed by atoms with van der Waals surface area (Å²) in [6.45, 7) is 6.91. The normalized spacial score (nSPS) is 21.3. The largest absolute Gasteiger partial charge is 0.573 e. The number of rotatable bonds is 10. The van der Waals surface area contributed by atoms with Crippen molar-refractivity contribution in [1.29, 1.82) is 0 Å². The molecule has 0 spiro atoms. The van der Waals surface area contributed by atoms with Gasteiger partial charge < -0.3 is 9.84 Å². The van der Waals surface area contributed by atoms with E-state index in [0.29, 0.717) is 31.4 Å². The number of aliphatic carboxylic acids is 1. The molecule has 1 N–H and O–H groups in total. The standard InChI is InChI=1S/C23H33F6NO3Si/c1-34(2,3)13-10-18(8-11-22(24,25)26)30-12-9-16(15-21(31)32)14-20(30)17-4-6-19(7-5-17)33-23(27,28)29/h4-7,16,18,20H,8-15H2,1-3H3,(H,31,32)/t16-,18+,20+/m1/s1. The molecule has 2 rings (SSSR count). The van der Waals surface area contributed by atoms with Crippen LogP contribution in [0, 0.1) is 5.92 Å². The Hall–Kier alpha value is -1.75. The van der Waals surface area contributed by atoms with Gasteiger partial charge in [-0.25, -0.2) is 0 Å². The molecule has 11 heteroatoms. The third kappa shape index (κ3) is 10.2. The van der Waals surface area contributed by atoms with Gasteiger partial charge in [0.05, 0.1) is 0 Å². The van der Waals surface area contributed by atoms with E-state index in [-0.39, 0.29) is 36.6 Å². The third-order valence-electron chi connectivity index (χ3n) is 6.17. The van der Waals surface area contributed by atoms with Gasteiger partial charge in [0.15, 0.2) is 0 Å². The second-order valence-electron chi connectivity index (χ2n) is 10.3. The van der Waals surface area contributed by atoms with Gasteiger partial charge in [0.1, 0.15) is 5.75 Å². The van der Waals surface area contributed by atoms with Crippen molar-refractivity contribution < 1.29 is 41.0 Å². The Kier molecular flexibility index (Phi) is 9.49. The topological polar surface area (TPSA) is 49.8 Å². The number of likely N-dealkylation sites (tertiary alicyclic amines) is 1. The first-order valence-electron chi connectivity index (χ1n) is 11.4. The summed E-state index contributed by atoms with van der Waals surface area (Å²) in [7, 11) is -1.53. The zero-order valence-corrected chi connectivity index (χ0v) is 20.7. The van der Waals surface area contributed by atoms with Crippen molar-refractivity contribution >= 4 is 14.0 Å². The fourth-order valence-electron chi connectivity index (χ4n) is 4.55. The van der Waals surface area contributed by atoms with Crippen LogP contribution in [0.1, 0.15) is 50.1 Å². The quantitative estimate of drug-likeness (QED) is 0.264. The molecule has 1 aliphatic heterocycles. The zero-order chi connectivity index (χ0) is 25.7. The van der Waals surface area contributed by atoms with E-state index >= 15 is 0 Å². The molecule has 1 fully saturated rings. The Morgan fingerprint density at radius 2 is 1.74 bits per heavy atom. The van der Waals surface area contributed by atoms with E-state index in [4.69, 9.17) is 0 Å². The molecule has 0 bridgehead atoms. The smallest absolute Gasteiger partial charge is 0.481 e. The van der Waals surface area contributed by atoms with Gasteiger partial charge in [-0.2, -0.15) is 13.2 Å². The maximum absolute atomic E-state index is 13.1. The predicted molar refractivity (Wildman–Crippen MR) is 119 cm³/mol. The number of piperidine rings is 1. The Morgan fingerprint density at radius 3 is 2.24 bits per heavy atom. The molecule has 1 aromatic carbocycles. The molecular weight excluding hydrogens is 480 g/mol. The summed E-state index contributed by atoms with van der Waals surface area (Å²) in [4.78, 5) is 13.3. The summed E-state index contributed by atoms with van der Waals surface area (Å²) >= 11 is 0. The minimum atomic E-state index is -4.83. The molecule has 0 aromatic heterocycles. The number of carboxylic acids is 1. The van der Waals surface area contributed by atoms with E-state index < -0.39 is 33.0 Å². The average molecular weight is 514 g/mol.